The van der Waals surface area contributed by atoms with Gasteiger partial charge < -0.3 is 15.4 Å². The molecular formula is C31H27N3O4. The molecule has 7 heteroatoms. The van der Waals surface area contributed by atoms with Crippen LogP contribution < -0.4 is 15.4 Å². The Morgan fingerprint density at radius 3 is 2.34 bits per heavy atom. The van der Waals surface area contributed by atoms with Crippen LogP contribution in [0.15, 0.2) is 85.5 Å². The van der Waals surface area contributed by atoms with E-state index in [1.807, 2.05) is 48.5 Å². The normalized spacial score (nSPS) is 28.6. The first kappa shape index (κ1) is 22.9. The van der Waals surface area contributed by atoms with Crippen LogP contribution in [-0.2, 0) is 20.5 Å². The molecule has 0 radical (unpaired) electrons. The van der Waals surface area contributed by atoms with Gasteiger partial charge in [0.25, 0.3) is 5.91 Å². The van der Waals surface area contributed by atoms with Crippen molar-refractivity contribution in [3.8, 4) is 5.75 Å². The van der Waals surface area contributed by atoms with Crippen LogP contribution in [0.25, 0.3) is 0 Å². The van der Waals surface area contributed by atoms with Gasteiger partial charge in [0, 0.05) is 28.5 Å². The van der Waals surface area contributed by atoms with Gasteiger partial charge in [-0.3, -0.25) is 19.3 Å². The van der Waals surface area contributed by atoms with Crippen molar-refractivity contribution in [2.24, 2.45) is 5.92 Å². The summed E-state index contributed by atoms with van der Waals surface area (Å²) in [6.45, 7) is 4.67. The van der Waals surface area contributed by atoms with Gasteiger partial charge in [-0.1, -0.05) is 49.1 Å². The number of nitrogens with one attached hydrogen (secondary N) is 2. The number of hydrogen-bond donors (Lipinski definition) is 2. The van der Waals surface area contributed by atoms with Crippen LogP contribution in [0.3, 0.4) is 0 Å². The molecule has 0 bridgehead atoms. The van der Waals surface area contributed by atoms with E-state index in [4.69, 9.17) is 4.74 Å². The number of anilines is 2. The Kier molecular flexibility index (Phi) is 4.91. The smallest absolute Gasteiger partial charge is 0.251 e. The third-order valence-electron chi connectivity index (χ3n) is 8.79. The van der Waals surface area contributed by atoms with Gasteiger partial charge in [-0.2, -0.15) is 0 Å². The third-order valence-corrected chi connectivity index (χ3v) is 8.79. The maximum atomic E-state index is 14.6. The molecule has 4 aliphatic rings. The maximum absolute atomic E-state index is 14.6. The lowest BCUT2D eigenvalue weighted by atomic mass is 9.57. The Morgan fingerprint density at radius 1 is 0.947 bits per heavy atom. The lowest BCUT2D eigenvalue weighted by Gasteiger charge is -2.43. The summed E-state index contributed by atoms with van der Waals surface area (Å²) >= 11 is 0. The summed E-state index contributed by atoms with van der Waals surface area (Å²) in [5, 5.41) is 6.14. The number of para-hydroxylation sites is 2. The number of fused-ring (bicyclic) bond motifs is 7. The number of benzene rings is 3. The number of ether oxygens (including phenoxy) is 1. The highest BCUT2D eigenvalue weighted by Crippen LogP contribution is 2.67. The van der Waals surface area contributed by atoms with Gasteiger partial charge in [0.2, 0.25) is 5.91 Å². The minimum atomic E-state index is -1.43. The second kappa shape index (κ2) is 8.13. The van der Waals surface area contributed by atoms with Gasteiger partial charge in [0.05, 0.1) is 5.92 Å². The molecule has 3 aromatic carbocycles. The Bertz CT molecular complexity index is 1520. The van der Waals surface area contributed by atoms with Crippen molar-refractivity contribution in [3.63, 3.8) is 0 Å². The summed E-state index contributed by atoms with van der Waals surface area (Å²) < 4.78 is 5.62. The Morgan fingerprint density at radius 2 is 1.61 bits per heavy atom. The number of rotatable bonds is 5. The van der Waals surface area contributed by atoms with Gasteiger partial charge in [-0.05, 0) is 61.3 Å². The lowest BCUT2D eigenvalue weighted by Crippen LogP contribution is -2.62. The summed E-state index contributed by atoms with van der Waals surface area (Å²) in [5.74, 6) is -0.816. The number of carbonyl (C=O) groups excluding carboxylic acids is 3. The minimum Gasteiger partial charge on any atom is -0.490 e. The number of nitrogens with zero attached hydrogens (tertiary/aromatic N) is 1. The molecule has 0 saturated carbocycles. The van der Waals surface area contributed by atoms with Gasteiger partial charge in [-0.15, -0.1) is 0 Å². The number of carbonyl (C=O) groups is 3. The van der Waals surface area contributed by atoms with Crippen LogP contribution in [0.1, 0.15) is 34.3 Å². The molecule has 3 aromatic rings. The second-order valence-electron chi connectivity index (χ2n) is 10.4. The second-order valence-corrected chi connectivity index (χ2v) is 10.4. The van der Waals surface area contributed by atoms with E-state index in [0.717, 1.165) is 18.4 Å². The number of ketones is 1. The summed E-state index contributed by atoms with van der Waals surface area (Å²) in [6.07, 6.45) is 3.24. The van der Waals surface area contributed by atoms with Crippen molar-refractivity contribution >= 4 is 29.0 Å². The minimum absolute atomic E-state index is 0.141. The molecule has 2 amide bonds. The monoisotopic (exact) mass is 505 g/mol. The molecule has 38 heavy (non-hydrogen) atoms. The number of hydrogen-bond acceptors (Lipinski definition) is 5. The zero-order valence-electron chi connectivity index (χ0n) is 20.8. The predicted molar refractivity (Wildman–Crippen MR) is 143 cm³/mol. The summed E-state index contributed by atoms with van der Waals surface area (Å²) in [7, 11) is 0. The number of amides is 2. The molecule has 4 heterocycles. The maximum Gasteiger partial charge on any atom is 0.251 e. The largest absolute Gasteiger partial charge is 0.490 e. The highest BCUT2D eigenvalue weighted by molar-refractivity contribution is 6.21. The Labute approximate surface area is 220 Å². The Balaban J connectivity index is 1.49. The molecule has 0 aromatic heterocycles. The topological polar surface area (TPSA) is 87.7 Å². The van der Waals surface area contributed by atoms with Crippen molar-refractivity contribution in [2.75, 3.05) is 23.8 Å². The van der Waals surface area contributed by atoms with Crippen LogP contribution >= 0.6 is 0 Å². The molecular weight excluding hydrogens is 478 g/mol. The molecule has 7 rings (SSSR count). The molecule has 4 aliphatic heterocycles. The lowest BCUT2D eigenvalue weighted by molar-refractivity contribution is -0.137. The van der Waals surface area contributed by atoms with Crippen LogP contribution in [0.5, 0.6) is 5.75 Å². The Hall–Kier alpha value is -4.23. The van der Waals surface area contributed by atoms with Gasteiger partial charge in [-0.25, -0.2) is 0 Å². The van der Waals surface area contributed by atoms with E-state index in [9.17, 15) is 14.4 Å². The van der Waals surface area contributed by atoms with Crippen LogP contribution in [0, 0.1) is 5.92 Å². The first-order chi connectivity index (χ1) is 18.5. The molecule has 2 fully saturated rings. The molecule has 190 valence electrons. The van der Waals surface area contributed by atoms with Gasteiger partial charge in [0.15, 0.2) is 5.78 Å². The van der Waals surface area contributed by atoms with Crippen LogP contribution in [0.4, 0.5) is 11.4 Å². The van der Waals surface area contributed by atoms with Crippen molar-refractivity contribution in [1.29, 1.82) is 0 Å². The van der Waals surface area contributed by atoms with E-state index in [-0.39, 0.29) is 23.6 Å². The summed E-state index contributed by atoms with van der Waals surface area (Å²) in [6, 6.07) is 21.8. The average Bonchev–Trinajstić information content (AvgIpc) is 3.66. The zero-order valence-corrected chi connectivity index (χ0v) is 20.8. The van der Waals surface area contributed by atoms with Crippen molar-refractivity contribution < 1.29 is 19.1 Å². The first-order valence-electron chi connectivity index (χ1n) is 13.0. The van der Waals surface area contributed by atoms with Gasteiger partial charge >= 0.3 is 0 Å². The summed E-state index contributed by atoms with van der Waals surface area (Å²) in [5.41, 5.74) is 0.531. The highest BCUT2D eigenvalue weighted by Gasteiger charge is 2.81. The molecule has 2 N–H and O–H groups in total. The molecule has 0 unspecified atom stereocenters. The molecule has 2 spiro atoms. The van der Waals surface area contributed by atoms with E-state index in [1.165, 1.54) is 0 Å². The average molecular weight is 506 g/mol. The van der Waals surface area contributed by atoms with E-state index in [1.54, 1.807) is 30.3 Å². The molecule has 7 nitrogen and oxygen atoms in total. The molecule has 2 saturated heterocycles. The standard InChI is InChI=1S/C31H27N3O4/c1-2-18-38-20-15-13-19(14-16-20)27(35)26-25-12-7-17-34(25)31(22-9-4-6-11-24(22)33-29(31)37)30(26)21-8-3-5-10-23(21)32-28(30)36/h2-6,8-11,13-16,25-26H,1,7,12,17-18H2,(H,32,36)(H,33,37)/t25-,26-,30+,31-/m0/s1. The van der Waals surface area contributed by atoms with E-state index in [2.05, 4.69) is 22.1 Å². The van der Waals surface area contributed by atoms with Crippen LogP contribution in [-0.4, -0.2) is 41.7 Å². The quantitative estimate of drug-likeness (QED) is 0.400. The van der Waals surface area contributed by atoms with E-state index < -0.39 is 16.9 Å². The summed E-state index contributed by atoms with van der Waals surface area (Å²) in [4.78, 5) is 45.5. The van der Waals surface area contributed by atoms with E-state index in [0.29, 0.717) is 41.4 Å². The molecule has 0 aliphatic carbocycles. The van der Waals surface area contributed by atoms with Gasteiger partial charge in [0.1, 0.15) is 23.3 Å². The zero-order chi connectivity index (χ0) is 26.1. The van der Waals surface area contributed by atoms with Crippen molar-refractivity contribution in [1.82, 2.24) is 4.90 Å². The first-order valence-corrected chi connectivity index (χ1v) is 13.0. The fourth-order valence-electron chi connectivity index (χ4n) is 7.58. The number of Topliss-reactive ketones (excluding diaryl/α,β-unsaturated/α-hetero) is 1. The predicted octanol–water partition coefficient (Wildman–Crippen LogP) is 4.27. The fourth-order valence-corrected chi connectivity index (χ4v) is 7.58. The van der Waals surface area contributed by atoms with Crippen molar-refractivity contribution in [3.05, 3.63) is 102 Å². The van der Waals surface area contributed by atoms with E-state index >= 15 is 0 Å². The van der Waals surface area contributed by atoms with Crippen LogP contribution in [0.2, 0.25) is 0 Å². The molecule has 4 atom stereocenters. The fraction of sp³-hybridized carbons (Fsp3) is 0.258. The highest BCUT2D eigenvalue weighted by atomic mass is 16.5. The SMILES string of the molecule is C=CCOc1ccc(C(=O)[C@@H]2[C@@H]3CCCN3[C@@]3(C(=O)Nc4ccccc43)[C@@]23C(=O)Nc2ccccc23)cc1. The third kappa shape index (κ3) is 2.64. The van der Waals surface area contributed by atoms with Crippen molar-refractivity contribution in [2.45, 2.75) is 29.8 Å².